The highest BCUT2D eigenvalue weighted by atomic mass is 16.4. The van der Waals surface area contributed by atoms with E-state index < -0.39 is 18.3 Å². The molecule has 0 aliphatic heterocycles. The van der Waals surface area contributed by atoms with Crippen molar-refractivity contribution in [1.82, 2.24) is 0 Å². The molecule has 0 aromatic carbocycles. The van der Waals surface area contributed by atoms with E-state index in [-0.39, 0.29) is 5.92 Å². The number of hydrogen-bond donors (Lipinski definition) is 3. The number of aliphatic hydroxyl groups is 3. The predicted octanol–water partition coefficient (Wildman–Crippen LogP) is 0.525. The van der Waals surface area contributed by atoms with Gasteiger partial charge in [0.2, 0.25) is 0 Å². The van der Waals surface area contributed by atoms with Gasteiger partial charge in [-0.1, -0.05) is 20.3 Å². The zero-order valence-corrected chi connectivity index (χ0v) is 8.35. The lowest BCUT2D eigenvalue weighted by molar-refractivity contribution is -0.0791. The summed E-state index contributed by atoms with van der Waals surface area (Å²) in [5.41, 5.74) is 0. The van der Waals surface area contributed by atoms with Crippen LogP contribution in [0, 0.1) is 11.8 Å². The number of aliphatic hydroxyl groups excluding tert-OH is 3. The summed E-state index contributed by atoms with van der Waals surface area (Å²) < 4.78 is 0. The van der Waals surface area contributed by atoms with Crippen LogP contribution in [0.5, 0.6) is 0 Å². The highest BCUT2D eigenvalue weighted by Crippen LogP contribution is 2.29. The van der Waals surface area contributed by atoms with Gasteiger partial charge < -0.3 is 15.3 Å². The molecule has 4 atom stereocenters. The van der Waals surface area contributed by atoms with Crippen LogP contribution in [0.1, 0.15) is 33.1 Å². The summed E-state index contributed by atoms with van der Waals surface area (Å²) in [5.74, 6) is 0.474. The highest BCUT2D eigenvalue weighted by molar-refractivity contribution is 4.86. The lowest BCUT2D eigenvalue weighted by Gasteiger charge is -2.28. The topological polar surface area (TPSA) is 60.7 Å². The first kappa shape index (κ1) is 11.0. The molecule has 0 spiro atoms. The molecule has 0 bridgehead atoms. The maximum atomic E-state index is 9.75. The van der Waals surface area contributed by atoms with Gasteiger partial charge in [0, 0.05) is 0 Å². The maximum absolute atomic E-state index is 9.75. The van der Waals surface area contributed by atoms with E-state index in [1.54, 1.807) is 0 Å². The first-order valence-electron chi connectivity index (χ1n) is 5.08. The van der Waals surface area contributed by atoms with Gasteiger partial charge >= 0.3 is 0 Å². The van der Waals surface area contributed by atoms with Crippen molar-refractivity contribution in [3.63, 3.8) is 0 Å². The van der Waals surface area contributed by atoms with Gasteiger partial charge in [0.25, 0.3) is 0 Å². The fraction of sp³-hybridized carbons (Fsp3) is 1.00. The Morgan fingerprint density at radius 1 is 1.00 bits per heavy atom. The van der Waals surface area contributed by atoms with Crippen LogP contribution in [-0.4, -0.2) is 33.6 Å². The van der Waals surface area contributed by atoms with Crippen LogP contribution in [0.25, 0.3) is 0 Å². The molecule has 1 rings (SSSR count). The second-order valence-electron chi connectivity index (χ2n) is 4.39. The Labute approximate surface area is 79.4 Å². The van der Waals surface area contributed by atoms with Crippen LogP contribution < -0.4 is 0 Å². The molecular formula is C10H20O3. The Morgan fingerprint density at radius 3 is 2.15 bits per heavy atom. The minimum absolute atomic E-state index is 0.118. The second kappa shape index (κ2) is 4.40. The Hall–Kier alpha value is -0.120. The fourth-order valence-electron chi connectivity index (χ4n) is 2.11. The minimum atomic E-state index is -0.963. The van der Waals surface area contributed by atoms with Crippen LogP contribution in [-0.2, 0) is 0 Å². The molecule has 3 nitrogen and oxygen atoms in total. The van der Waals surface area contributed by atoms with E-state index in [9.17, 15) is 15.3 Å². The number of rotatable bonds is 1. The van der Waals surface area contributed by atoms with E-state index in [1.165, 1.54) is 0 Å². The number of hydrogen-bond acceptors (Lipinski definition) is 3. The van der Waals surface area contributed by atoms with E-state index in [4.69, 9.17) is 0 Å². The standard InChI is InChI=1S/C10H20O3/c1-6(2)7-4-3-5-8(11)10(13)9(7)12/h6-13H,3-5H2,1-2H3/t7-,8+,9+,10+/m1/s1. The normalized spacial score (nSPS) is 42.0. The van der Waals surface area contributed by atoms with Crippen molar-refractivity contribution in [2.24, 2.45) is 11.8 Å². The predicted molar refractivity (Wildman–Crippen MR) is 50.2 cm³/mol. The molecule has 1 fully saturated rings. The van der Waals surface area contributed by atoms with Crippen LogP contribution in [0.4, 0.5) is 0 Å². The van der Waals surface area contributed by atoms with Gasteiger partial charge in [0.1, 0.15) is 6.10 Å². The largest absolute Gasteiger partial charge is 0.390 e. The maximum Gasteiger partial charge on any atom is 0.106 e. The molecule has 0 amide bonds. The van der Waals surface area contributed by atoms with Crippen LogP contribution in [0.15, 0.2) is 0 Å². The Kier molecular flexibility index (Phi) is 3.71. The van der Waals surface area contributed by atoms with Crippen molar-refractivity contribution in [3.05, 3.63) is 0 Å². The van der Waals surface area contributed by atoms with Gasteiger partial charge in [-0.3, -0.25) is 0 Å². The SMILES string of the molecule is CC(C)[C@H]1CCC[C@H](O)[C@H](O)[C@H]1O. The smallest absolute Gasteiger partial charge is 0.106 e. The molecule has 1 saturated carbocycles. The molecule has 13 heavy (non-hydrogen) atoms. The first-order chi connectivity index (χ1) is 6.04. The summed E-state index contributed by atoms with van der Waals surface area (Å²) in [7, 11) is 0. The van der Waals surface area contributed by atoms with Crippen LogP contribution >= 0.6 is 0 Å². The van der Waals surface area contributed by atoms with Crippen molar-refractivity contribution in [1.29, 1.82) is 0 Å². The summed E-state index contributed by atoms with van der Waals surface area (Å²) in [5, 5.41) is 28.7. The quantitative estimate of drug-likeness (QED) is 0.526. The highest BCUT2D eigenvalue weighted by Gasteiger charge is 2.35. The summed E-state index contributed by atoms with van der Waals surface area (Å²) in [6.07, 6.45) is -0.0989. The third-order valence-electron chi connectivity index (χ3n) is 3.08. The van der Waals surface area contributed by atoms with Gasteiger partial charge in [-0.05, 0) is 24.7 Å². The monoisotopic (exact) mass is 188 g/mol. The molecule has 3 heteroatoms. The third-order valence-corrected chi connectivity index (χ3v) is 3.08. The van der Waals surface area contributed by atoms with E-state index >= 15 is 0 Å². The average Bonchev–Trinajstić information content (AvgIpc) is 2.18. The molecule has 0 radical (unpaired) electrons. The van der Waals surface area contributed by atoms with Crippen LogP contribution in [0.3, 0.4) is 0 Å². The van der Waals surface area contributed by atoms with Crippen LogP contribution in [0.2, 0.25) is 0 Å². The molecule has 1 aliphatic rings. The molecule has 0 heterocycles. The zero-order valence-electron chi connectivity index (χ0n) is 8.35. The van der Waals surface area contributed by atoms with Crippen molar-refractivity contribution in [2.45, 2.75) is 51.4 Å². The Morgan fingerprint density at radius 2 is 1.62 bits per heavy atom. The summed E-state index contributed by atoms with van der Waals surface area (Å²) in [4.78, 5) is 0. The van der Waals surface area contributed by atoms with E-state index in [1.807, 2.05) is 13.8 Å². The van der Waals surface area contributed by atoms with E-state index in [0.717, 1.165) is 12.8 Å². The minimum Gasteiger partial charge on any atom is -0.390 e. The fourth-order valence-corrected chi connectivity index (χ4v) is 2.11. The molecule has 0 aromatic rings. The Bertz CT molecular complexity index is 158. The second-order valence-corrected chi connectivity index (χ2v) is 4.39. The Balaban J connectivity index is 2.66. The summed E-state index contributed by atoms with van der Waals surface area (Å²) >= 11 is 0. The van der Waals surface area contributed by atoms with Gasteiger partial charge in [-0.2, -0.15) is 0 Å². The molecule has 1 aliphatic carbocycles. The van der Waals surface area contributed by atoms with Gasteiger partial charge in [0.15, 0.2) is 0 Å². The molecule has 0 saturated heterocycles. The van der Waals surface area contributed by atoms with Gasteiger partial charge in [0.05, 0.1) is 12.2 Å². The molecule has 3 N–H and O–H groups in total. The van der Waals surface area contributed by atoms with Gasteiger partial charge in [-0.25, -0.2) is 0 Å². The molecular weight excluding hydrogens is 168 g/mol. The average molecular weight is 188 g/mol. The summed E-state index contributed by atoms with van der Waals surface area (Å²) in [6, 6.07) is 0. The third kappa shape index (κ3) is 2.42. The van der Waals surface area contributed by atoms with Gasteiger partial charge in [-0.15, -0.1) is 0 Å². The lowest BCUT2D eigenvalue weighted by atomic mass is 9.85. The first-order valence-corrected chi connectivity index (χ1v) is 5.08. The van der Waals surface area contributed by atoms with Crippen molar-refractivity contribution in [2.75, 3.05) is 0 Å². The summed E-state index contributed by atoms with van der Waals surface area (Å²) in [6.45, 7) is 4.08. The van der Waals surface area contributed by atoms with Crippen molar-refractivity contribution < 1.29 is 15.3 Å². The molecule has 78 valence electrons. The van der Waals surface area contributed by atoms with Crippen molar-refractivity contribution >= 4 is 0 Å². The lowest BCUT2D eigenvalue weighted by Crippen LogP contribution is -2.41. The van der Waals surface area contributed by atoms with E-state index in [0.29, 0.717) is 12.3 Å². The molecule has 0 unspecified atom stereocenters. The molecule has 0 aromatic heterocycles. The van der Waals surface area contributed by atoms with E-state index in [2.05, 4.69) is 0 Å². The van der Waals surface area contributed by atoms with Crippen molar-refractivity contribution in [3.8, 4) is 0 Å². The zero-order chi connectivity index (χ0) is 10.0.